The minimum atomic E-state index is 0.573. The molecule has 0 aliphatic rings. The zero-order chi connectivity index (χ0) is 15.2. The predicted molar refractivity (Wildman–Crippen MR) is 89.8 cm³/mol. The lowest BCUT2D eigenvalue weighted by atomic mass is 10.1. The number of para-hydroxylation sites is 1. The lowest BCUT2D eigenvalue weighted by molar-refractivity contribution is 0.304. The predicted octanol–water partition coefficient (Wildman–Crippen LogP) is 4.55. The van der Waals surface area contributed by atoms with Gasteiger partial charge in [-0.1, -0.05) is 48.5 Å². The Kier molecular flexibility index (Phi) is 4.76. The molecular formula is C18H17ClN2O. The molecule has 0 saturated carbocycles. The summed E-state index contributed by atoms with van der Waals surface area (Å²) in [5.74, 6) is 1.21. The van der Waals surface area contributed by atoms with Gasteiger partial charge in [-0.2, -0.15) is 0 Å². The van der Waals surface area contributed by atoms with Gasteiger partial charge in [0.15, 0.2) is 0 Å². The van der Waals surface area contributed by atoms with Crippen molar-refractivity contribution in [2.45, 2.75) is 6.42 Å². The number of alkyl halides is 1. The quantitative estimate of drug-likeness (QED) is 0.493. The van der Waals surface area contributed by atoms with Crippen molar-refractivity contribution in [3.63, 3.8) is 0 Å². The Morgan fingerprint density at radius 1 is 0.955 bits per heavy atom. The van der Waals surface area contributed by atoms with E-state index in [1.165, 1.54) is 0 Å². The first-order chi connectivity index (χ1) is 10.9. The van der Waals surface area contributed by atoms with Crippen LogP contribution in [-0.4, -0.2) is 22.3 Å². The second-order valence-electron chi connectivity index (χ2n) is 4.87. The van der Waals surface area contributed by atoms with Gasteiger partial charge in [0.05, 0.1) is 18.0 Å². The molecule has 4 heteroatoms. The highest BCUT2D eigenvalue weighted by Crippen LogP contribution is 2.26. The van der Waals surface area contributed by atoms with E-state index in [0.29, 0.717) is 18.4 Å². The standard InChI is InChI=1S/C18H17ClN2O/c19-12-7-13-22-18-14-17(15-8-3-1-4-9-15)21(20-18)16-10-5-2-6-11-16/h1-6,8-11,14H,7,12-13H2. The molecule has 0 unspecified atom stereocenters. The number of ether oxygens (including phenoxy) is 1. The van der Waals surface area contributed by atoms with Crippen LogP contribution in [0.2, 0.25) is 0 Å². The molecule has 1 heterocycles. The van der Waals surface area contributed by atoms with Gasteiger partial charge in [0, 0.05) is 17.5 Å². The molecule has 0 aliphatic heterocycles. The first kappa shape index (κ1) is 14.7. The Hall–Kier alpha value is -2.26. The van der Waals surface area contributed by atoms with Gasteiger partial charge in [-0.15, -0.1) is 16.7 Å². The highest BCUT2D eigenvalue weighted by molar-refractivity contribution is 6.17. The molecule has 0 N–H and O–H groups in total. The van der Waals surface area contributed by atoms with Crippen LogP contribution in [0.25, 0.3) is 16.9 Å². The molecule has 0 fully saturated rings. The molecule has 112 valence electrons. The molecule has 3 rings (SSSR count). The highest BCUT2D eigenvalue weighted by atomic mass is 35.5. The highest BCUT2D eigenvalue weighted by Gasteiger charge is 2.12. The van der Waals surface area contributed by atoms with Gasteiger partial charge in [0.1, 0.15) is 0 Å². The summed E-state index contributed by atoms with van der Waals surface area (Å²) in [4.78, 5) is 0. The molecule has 0 bridgehead atoms. The number of hydrogen-bond donors (Lipinski definition) is 0. The summed E-state index contributed by atoms with van der Waals surface area (Å²) in [5.41, 5.74) is 3.12. The number of halogens is 1. The van der Waals surface area contributed by atoms with Gasteiger partial charge in [-0.25, -0.2) is 4.68 Å². The Balaban J connectivity index is 1.99. The molecule has 1 aromatic heterocycles. The zero-order valence-electron chi connectivity index (χ0n) is 12.2. The Bertz CT molecular complexity index is 653. The third-order valence-corrected chi connectivity index (χ3v) is 3.55. The van der Waals surface area contributed by atoms with E-state index in [-0.39, 0.29) is 0 Å². The number of hydrogen-bond acceptors (Lipinski definition) is 2. The van der Waals surface area contributed by atoms with Crippen molar-refractivity contribution in [3.05, 3.63) is 66.7 Å². The van der Waals surface area contributed by atoms with Gasteiger partial charge in [-0.05, 0) is 18.6 Å². The zero-order valence-corrected chi connectivity index (χ0v) is 12.9. The average molecular weight is 313 g/mol. The van der Waals surface area contributed by atoms with Crippen molar-refractivity contribution in [2.24, 2.45) is 0 Å². The second kappa shape index (κ2) is 7.14. The maximum atomic E-state index is 5.69. The van der Waals surface area contributed by atoms with Crippen molar-refractivity contribution in [3.8, 4) is 22.8 Å². The van der Waals surface area contributed by atoms with E-state index in [2.05, 4.69) is 17.2 Å². The number of nitrogens with zero attached hydrogens (tertiary/aromatic N) is 2. The van der Waals surface area contributed by atoms with Crippen LogP contribution < -0.4 is 4.74 Å². The first-order valence-electron chi connectivity index (χ1n) is 7.28. The molecular weight excluding hydrogens is 296 g/mol. The van der Waals surface area contributed by atoms with Crippen LogP contribution in [0.1, 0.15) is 6.42 Å². The van der Waals surface area contributed by atoms with Crippen molar-refractivity contribution in [1.82, 2.24) is 9.78 Å². The molecule has 0 aliphatic carbocycles. The minimum absolute atomic E-state index is 0.573. The molecule has 22 heavy (non-hydrogen) atoms. The maximum Gasteiger partial charge on any atom is 0.233 e. The fraction of sp³-hybridized carbons (Fsp3) is 0.167. The molecule has 0 saturated heterocycles. The van der Waals surface area contributed by atoms with Gasteiger partial charge in [0.25, 0.3) is 0 Å². The average Bonchev–Trinajstić information content (AvgIpc) is 3.01. The van der Waals surface area contributed by atoms with E-state index in [1.807, 2.05) is 59.3 Å². The van der Waals surface area contributed by atoms with E-state index in [1.54, 1.807) is 0 Å². The third kappa shape index (κ3) is 3.31. The van der Waals surface area contributed by atoms with E-state index in [9.17, 15) is 0 Å². The van der Waals surface area contributed by atoms with Crippen LogP contribution in [0.3, 0.4) is 0 Å². The van der Waals surface area contributed by atoms with Crippen LogP contribution in [-0.2, 0) is 0 Å². The lowest BCUT2D eigenvalue weighted by Crippen LogP contribution is -2.01. The largest absolute Gasteiger partial charge is 0.477 e. The first-order valence-corrected chi connectivity index (χ1v) is 7.81. The lowest BCUT2D eigenvalue weighted by Gasteiger charge is -2.06. The van der Waals surface area contributed by atoms with Crippen molar-refractivity contribution < 1.29 is 4.74 Å². The molecule has 0 radical (unpaired) electrons. The fourth-order valence-corrected chi connectivity index (χ4v) is 2.35. The smallest absolute Gasteiger partial charge is 0.233 e. The second-order valence-corrected chi connectivity index (χ2v) is 5.25. The van der Waals surface area contributed by atoms with Crippen LogP contribution in [0.4, 0.5) is 0 Å². The van der Waals surface area contributed by atoms with Crippen molar-refractivity contribution >= 4 is 11.6 Å². The number of benzene rings is 2. The van der Waals surface area contributed by atoms with Gasteiger partial charge < -0.3 is 4.74 Å². The van der Waals surface area contributed by atoms with Gasteiger partial charge >= 0.3 is 0 Å². The Morgan fingerprint density at radius 3 is 2.32 bits per heavy atom. The molecule has 2 aromatic carbocycles. The maximum absolute atomic E-state index is 5.69. The molecule has 3 aromatic rings. The third-order valence-electron chi connectivity index (χ3n) is 3.29. The van der Waals surface area contributed by atoms with Crippen LogP contribution in [0, 0.1) is 0 Å². The Morgan fingerprint density at radius 2 is 1.64 bits per heavy atom. The summed E-state index contributed by atoms with van der Waals surface area (Å²) in [6, 6.07) is 22.2. The normalized spacial score (nSPS) is 10.6. The van der Waals surface area contributed by atoms with Crippen molar-refractivity contribution in [1.29, 1.82) is 0 Å². The topological polar surface area (TPSA) is 27.1 Å². The number of rotatable bonds is 6. The van der Waals surface area contributed by atoms with Gasteiger partial charge in [0.2, 0.25) is 5.88 Å². The van der Waals surface area contributed by atoms with Crippen LogP contribution >= 0.6 is 11.6 Å². The van der Waals surface area contributed by atoms with E-state index in [4.69, 9.17) is 16.3 Å². The van der Waals surface area contributed by atoms with Crippen molar-refractivity contribution in [2.75, 3.05) is 12.5 Å². The monoisotopic (exact) mass is 312 g/mol. The SMILES string of the molecule is ClCCCOc1cc(-c2ccccc2)n(-c2ccccc2)n1. The Labute approximate surface area is 135 Å². The summed E-state index contributed by atoms with van der Waals surface area (Å²) in [5, 5.41) is 4.58. The minimum Gasteiger partial charge on any atom is -0.477 e. The van der Waals surface area contributed by atoms with E-state index in [0.717, 1.165) is 23.4 Å². The summed E-state index contributed by atoms with van der Waals surface area (Å²) in [6.45, 7) is 0.573. The molecule has 0 amide bonds. The molecule has 0 spiro atoms. The fourth-order valence-electron chi connectivity index (χ4n) is 2.24. The van der Waals surface area contributed by atoms with Crippen LogP contribution in [0.5, 0.6) is 5.88 Å². The summed E-state index contributed by atoms with van der Waals surface area (Å²) >= 11 is 5.69. The number of aromatic nitrogens is 2. The van der Waals surface area contributed by atoms with E-state index >= 15 is 0 Å². The molecule has 0 atom stereocenters. The van der Waals surface area contributed by atoms with Crippen LogP contribution in [0.15, 0.2) is 66.7 Å². The van der Waals surface area contributed by atoms with Gasteiger partial charge in [-0.3, -0.25) is 0 Å². The summed E-state index contributed by atoms with van der Waals surface area (Å²) in [7, 11) is 0. The summed E-state index contributed by atoms with van der Waals surface area (Å²) < 4.78 is 7.60. The summed E-state index contributed by atoms with van der Waals surface area (Å²) in [6.07, 6.45) is 0.806. The molecule has 3 nitrogen and oxygen atoms in total. The van der Waals surface area contributed by atoms with E-state index < -0.39 is 0 Å².